The first-order valence-corrected chi connectivity index (χ1v) is 16.0. The van der Waals surface area contributed by atoms with E-state index in [-0.39, 0.29) is 12.6 Å². The Morgan fingerprint density at radius 1 is 1.02 bits per heavy atom. The van der Waals surface area contributed by atoms with Crippen molar-refractivity contribution in [2.75, 3.05) is 13.1 Å². The van der Waals surface area contributed by atoms with Crippen LogP contribution >= 0.6 is 0 Å². The number of nitrogens with zero attached hydrogens (tertiary/aromatic N) is 1. The van der Waals surface area contributed by atoms with Gasteiger partial charge in [-0.15, -0.1) is 13.2 Å². The highest BCUT2D eigenvalue weighted by Gasteiger charge is 2.62. The van der Waals surface area contributed by atoms with Crippen molar-refractivity contribution in [3.63, 3.8) is 0 Å². The molecule has 0 bridgehead atoms. The molecule has 5 rings (SSSR count). The predicted octanol–water partition coefficient (Wildman–Crippen LogP) is 6.45. The van der Waals surface area contributed by atoms with Gasteiger partial charge in [0, 0.05) is 18.8 Å². The van der Waals surface area contributed by atoms with Crippen molar-refractivity contribution in [1.82, 2.24) is 15.6 Å². The van der Waals surface area contributed by atoms with E-state index in [2.05, 4.69) is 61.7 Å². The Hall–Kier alpha value is -1.76. The van der Waals surface area contributed by atoms with Crippen molar-refractivity contribution >= 4 is 6.47 Å². The van der Waals surface area contributed by atoms with Crippen molar-refractivity contribution in [2.24, 2.45) is 40.4 Å². The van der Waals surface area contributed by atoms with Gasteiger partial charge in [0.15, 0.2) is 0 Å². The number of aliphatic hydroxyl groups is 1. The molecule has 4 N–H and O–H groups in total. The number of hydrogen-bond donors (Lipinski definition) is 4. The van der Waals surface area contributed by atoms with Crippen LogP contribution in [0.4, 0.5) is 0 Å². The second-order valence-electron chi connectivity index (χ2n) is 13.3. The quantitative estimate of drug-likeness (QED) is 0.159. The Bertz CT molecular complexity index is 884. The third kappa shape index (κ3) is 7.17. The number of unbranched alkanes of at least 4 members (excludes halogenated alkanes) is 1. The summed E-state index contributed by atoms with van der Waals surface area (Å²) in [6, 6.07) is 6.74. The van der Waals surface area contributed by atoms with Crippen LogP contribution in [0.1, 0.15) is 97.1 Å². The molecule has 1 aromatic rings. The maximum atomic E-state index is 11.5. The number of pyridine rings is 1. The third-order valence-electron chi connectivity index (χ3n) is 11.6. The van der Waals surface area contributed by atoms with Crippen molar-refractivity contribution in [1.29, 1.82) is 0 Å². The molecule has 4 fully saturated rings. The largest absolute Gasteiger partial charge is 0.483 e. The summed E-state index contributed by atoms with van der Waals surface area (Å²) in [4.78, 5) is 12.7. The number of nitrogens with one attached hydrogen (secondary N) is 2. The molecule has 40 heavy (non-hydrogen) atoms. The van der Waals surface area contributed by atoms with Crippen LogP contribution in [0.15, 0.2) is 37.6 Å². The normalized spacial score (nSPS) is 37.9. The second kappa shape index (κ2) is 15.5. The SMILES string of the molecule is C=C.CC[C@H]1CC[C@H]2[C@@H]3[C@H](O)C[C@@H]4C[C@@H](NCCCCNCc5ccccn5)CC[C@]4(C)[C@H]3CC[C@]12C.O=CO. The van der Waals surface area contributed by atoms with E-state index in [1.807, 2.05) is 12.3 Å². The number of aliphatic hydroxyl groups excluding tert-OH is 1. The average molecular weight is 556 g/mol. The van der Waals surface area contributed by atoms with Gasteiger partial charge in [0.2, 0.25) is 0 Å². The number of carboxylic acid groups (broad SMARTS) is 1. The van der Waals surface area contributed by atoms with Crippen molar-refractivity contribution in [3.8, 4) is 0 Å². The lowest BCUT2D eigenvalue weighted by Gasteiger charge is -2.62. The smallest absolute Gasteiger partial charge is 0.290 e. The molecule has 9 atom stereocenters. The first-order valence-electron chi connectivity index (χ1n) is 16.0. The number of fused-ring (bicyclic) bond motifs is 5. The summed E-state index contributed by atoms with van der Waals surface area (Å²) >= 11 is 0. The van der Waals surface area contributed by atoms with Crippen molar-refractivity contribution in [3.05, 3.63) is 43.2 Å². The van der Waals surface area contributed by atoms with Gasteiger partial charge in [0.1, 0.15) is 0 Å². The number of carbonyl (C=O) groups is 1. The molecule has 4 aliphatic carbocycles. The number of rotatable bonds is 9. The molecule has 0 saturated heterocycles. The van der Waals surface area contributed by atoms with E-state index < -0.39 is 0 Å². The molecule has 1 aromatic heterocycles. The van der Waals surface area contributed by atoms with Gasteiger partial charge in [0.05, 0.1) is 11.8 Å². The van der Waals surface area contributed by atoms with Crippen LogP contribution in [-0.2, 0) is 11.3 Å². The Kier molecular flexibility index (Phi) is 12.7. The molecular weight excluding hydrogens is 498 g/mol. The van der Waals surface area contributed by atoms with E-state index in [4.69, 9.17) is 9.90 Å². The van der Waals surface area contributed by atoms with Gasteiger partial charge in [0.25, 0.3) is 6.47 Å². The van der Waals surface area contributed by atoms with Crippen LogP contribution in [0, 0.1) is 40.4 Å². The van der Waals surface area contributed by atoms with E-state index in [0.717, 1.165) is 49.5 Å². The summed E-state index contributed by atoms with van der Waals surface area (Å²) in [6.07, 6.45) is 16.1. The summed E-state index contributed by atoms with van der Waals surface area (Å²) in [6.45, 7) is 16.4. The van der Waals surface area contributed by atoms with E-state index in [0.29, 0.717) is 28.7 Å². The Balaban J connectivity index is 0.000000827. The Morgan fingerprint density at radius 3 is 2.42 bits per heavy atom. The highest BCUT2D eigenvalue weighted by atomic mass is 16.3. The van der Waals surface area contributed by atoms with Gasteiger partial charge in [-0.1, -0.05) is 33.3 Å². The molecule has 226 valence electrons. The third-order valence-corrected chi connectivity index (χ3v) is 11.6. The summed E-state index contributed by atoms with van der Waals surface area (Å²) in [7, 11) is 0. The van der Waals surface area contributed by atoms with Gasteiger partial charge < -0.3 is 20.8 Å². The van der Waals surface area contributed by atoms with Gasteiger partial charge in [-0.3, -0.25) is 9.78 Å². The fourth-order valence-electron chi connectivity index (χ4n) is 9.59. The fraction of sp³-hybridized carbons (Fsp3) is 0.765. The lowest BCUT2D eigenvalue weighted by Crippen LogP contribution is -2.59. The van der Waals surface area contributed by atoms with Crippen LogP contribution in [0.25, 0.3) is 0 Å². The molecule has 6 heteroatoms. The molecule has 0 unspecified atom stereocenters. The van der Waals surface area contributed by atoms with Gasteiger partial charge in [-0.25, -0.2) is 0 Å². The highest BCUT2D eigenvalue weighted by molar-refractivity contribution is 5.32. The number of hydrogen-bond acceptors (Lipinski definition) is 5. The summed E-state index contributed by atoms with van der Waals surface area (Å²) in [5.74, 6) is 3.65. The summed E-state index contributed by atoms with van der Waals surface area (Å²) in [5, 5.41) is 25.8. The van der Waals surface area contributed by atoms with Crippen LogP contribution in [0.5, 0.6) is 0 Å². The molecule has 0 spiro atoms. The summed E-state index contributed by atoms with van der Waals surface area (Å²) < 4.78 is 0. The summed E-state index contributed by atoms with van der Waals surface area (Å²) in [5.41, 5.74) is 2.06. The van der Waals surface area contributed by atoms with Gasteiger partial charge >= 0.3 is 0 Å². The van der Waals surface area contributed by atoms with Gasteiger partial charge in [-0.2, -0.15) is 0 Å². The molecule has 4 saturated carbocycles. The monoisotopic (exact) mass is 555 g/mol. The Labute approximate surface area is 243 Å². The Morgan fingerprint density at radius 2 is 1.73 bits per heavy atom. The van der Waals surface area contributed by atoms with Crippen LogP contribution in [-0.4, -0.2) is 46.9 Å². The maximum absolute atomic E-state index is 11.5. The van der Waals surface area contributed by atoms with E-state index >= 15 is 0 Å². The lowest BCUT2D eigenvalue weighted by molar-refractivity contribution is -0.165. The lowest BCUT2D eigenvalue weighted by atomic mass is 9.44. The van der Waals surface area contributed by atoms with E-state index in [1.54, 1.807) is 0 Å². The molecule has 0 aliphatic heterocycles. The minimum atomic E-state index is -0.250. The second-order valence-corrected chi connectivity index (χ2v) is 13.3. The molecule has 0 radical (unpaired) electrons. The average Bonchev–Trinajstić information content (AvgIpc) is 3.31. The van der Waals surface area contributed by atoms with Crippen LogP contribution in [0.2, 0.25) is 0 Å². The number of aromatic nitrogens is 1. The minimum Gasteiger partial charge on any atom is -0.483 e. The molecule has 1 heterocycles. The van der Waals surface area contributed by atoms with E-state index in [9.17, 15) is 5.11 Å². The first-order chi connectivity index (χ1) is 19.4. The maximum Gasteiger partial charge on any atom is 0.290 e. The minimum absolute atomic E-state index is 0.0674. The van der Waals surface area contributed by atoms with Gasteiger partial charge in [-0.05, 0) is 130 Å². The standard InChI is InChI=1S/C31H51N3O.C2H4.CH2O2/c1-4-22-10-11-26-29-27(13-15-30(22,26)2)31(3)14-12-24(19-23(31)20-28(29)35)33-18-8-7-16-32-21-25-9-5-6-17-34-25;1-2;2-1-3/h5-6,9,17,22-24,26-29,32-33,35H,4,7-8,10-16,18-21H2,1-3H3;1-2H2;1H,(H,2,3)/t22-,23-,24-,26-,27-,28+,29-,30+,31-;;/m0../s1. The molecular formula is C34H57N3O3. The van der Waals surface area contributed by atoms with Crippen LogP contribution < -0.4 is 10.6 Å². The molecule has 0 aromatic carbocycles. The molecule has 0 amide bonds. The molecule has 4 aliphatic rings. The predicted molar refractivity (Wildman–Crippen MR) is 164 cm³/mol. The first kappa shape index (κ1) is 32.8. The zero-order valence-electron chi connectivity index (χ0n) is 25.5. The zero-order valence-corrected chi connectivity index (χ0v) is 25.5. The van der Waals surface area contributed by atoms with E-state index in [1.165, 1.54) is 64.2 Å². The van der Waals surface area contributed by atoms with Crippen molar-refractivity contribution in [2.45, 2.75) is 110 Å². The topological polar surface area (TPSA) is 94.5 Å². The molecule has 6 nitrogen and oxygen atoms in total. The van der Waals surface area contributed by atoms with Crippen LogP contribution in [0.3, 0.4) is 0 Å². The van der Waals surface area contributed by atoms with Crippen molar-refractivity contribution < 1.29 is 15.0 Å². The fourth-order valence-corrected chi connectivity index (χ4v) is 9.59. The highest BCUT2D eigenvalue weighted by Crippen LogP contribution is 2.67. The zero-order chi connectivity index (χ0) is 29.2.